The van der Waals surface area contributed by atoms with Crippen molar-refractivity contribution in [1.29, 1.82) is 0 Å². The Morgan fingerprint density at radius 3 is 1.64 bits per heavy atom. The molecule has 5 nitrogen and oxygen atoms in total. The molecule has 0 aliphatic carbocycles. The van der Waals surface area contributed by atoms with Gasteiger partial charge < -0.3 is 22.1 Å². The summed E-state index contributed by atoms with van der Waals surface area (Å²) in [5, 5.41) is 8.32. The van der Waals surface area contributed by atoms with Crippen molar-refractivity contribution in [3.8, 4) is 0 Å². The van der Waals surface area contributed by atoms with Crippen LogP contribution >= 0.6 is 11.6 Å². The molecule has 2 N–H and O–H groups in total. The van der Waals surface area contributed by atoms with Crippen LogP contribution in [0.15, 0.2) is 0 Å². The number of aliphatic hydroxyl groups excluding tert-OH is 1. The maximum atomic E-state index is 8.63. The SMILES string of the molecule is CCCC(O)Cl.O=S(=O)([O-])O.[Cl-].[Na+].[Na+]. The zero-order valence-electron chi connectivity index (χ0n) is 8.27. The summed E-state index contributed by atoms with van der Waals surface area (Å²) in [5.74, 6) is 0. The molecule has 1 unspecified atom stereocenters. The molecule has 14 heavy (non-hydrogen) atoms. The molecule has 0 fully saturated rings. The van der Waals surface area contributed by atoms with Gasteiger partial charge in [0.15, 0.2) is 0 Å². The molecule has 0 heterocycles. The van der Waals surface area contributed by atoms with E-state index in [1.165, 1.54) is 0 Å². The van der Waals surface area contributed by atoms with E-state index in [0.717, 1.165) is 6.42 Å². The van der Waals surface area contributed by atoms with Crippen molar-refractivity contribution in [2.75, 3.05) is 0 Å². The number of hydrogen-bond acceptors (Lipinski definition) is 4. The predicted molar refractivity (Wildman–Crippen MR) is 39.1 cm³/mol. The standard InChI is InChI=1S/C4H9ClO.ClH.2Na.H2O4S/c1-2-3-4(5)6;;;;1-5(2,3)4/h4,6H,2-3H2,1H3;1H;;;(H2,1,2,3,4)/q;;2*+1;/p-2. The third kappa shape index (κ3) is 88.5. The molecular weight excluding hydrogens is 277 g/mol. The van der Waals surface area contributed by atoms with Crippen molar-refractivity contribution in [3.05, 3.63) is 0 Å². The van der Waals surface area contributed by atoms with Crippen LogP contribution in [0.4, 0.5) is 0 Å². The normalized spacial score (nSPS) is 10.4. The fourth-order valence-corrected chi connectivity index (χ4v) is 0.456. The first kappa shape index (κ1) is 29.9. The molecule has 0 saturated heterocycles. The average molecular weight is 287 g/mol. The van der Waals surface area contributed by atoms with Crippen molar-refractivity contribution in [2.24, 2.45) is 0 Å². The second kappa shape index (κ2) is 17.8. The van der Waals surface area contributed by atoms with Crippen molar-refractivity contribution < 1.29 is 94.2 Å². The largest absolute Gasteiger partial charge is 1.00 e. The van der Waals surface area contributed by atoms with Crippen LogP contribution in [0.25, 0.3) is 0 Å². The molecule has 0 bridgehead atoms. The Balaban J connectivity index is -0.0000000321. The van der Waals surface area contributed by atoms with E-state index in [1.54, 1.807) is 0 Å². The number of alkyl halides is 1. The fourth-order valence-electron chi connectivity index (χ4n) is 0.238. The minimum absolute atomic E-state index is 0. The van der Waals surface area contributed by atoms with Gasteiger partial charge in [-0.3, -0.25) is 4.55 Å². The second-order valence-electron chi connectivity index (χ2n) is 1.65. The molecule has 0 amide bonds. The zero-order valence-corrected chi connectivity index (χ0v) is 14.6. The van der Waals surface area contributed by atoms with Gasteiger partial charge in [0, 0.05) is 0 Å². The van der Waals surface area contributed by atoms with E-state index in [2.05, 4.69) is 0 Å². The van der Waals surface area contributed by atoms with Crippen molar-refractivity contribution in [2.45, 2.75) is 25.3 Å². The third-order valence-corrected chi connectivity index (χ3v) is 0.745. The van der Waals surface area contributed by atoms with E-state index in [9.17, 15) is 0 Å². The summed E-state index contributed by atoms with van der Waals surface area (Å²) >= 11 is 5.13. The summed E-state index contributed by atoms with van der Waals surface area (Å²) in [4.78, 5) is 0. The van der Waals surface area contributed by atoms with Gasteiger partial charge in [-0.1, -0.05) is 24.9 Å². The molecule has 0 aliphatic heterocycles. The Labute approximate surface area is 140 Å². The topological polar surface area (TPSA) is 97.7 Å². The average Bonchev–Trinajstić information content (AvgIpc) is 1.58. The van der Waals surface area contributed by atoms with Gasteiger partial charge in [0.05, 0.1) is 0 Å². The predicted octanol–water partition coefficient (Wildman–Crippen LogP) is -8.64. The maximum Gasteiger partial charge on any atom is 1.00 e. The number of aliphatic hydroxyl groups is 1. The van der Waals surface area contributed by atoms with Gasteiger partial charge in [0.2, 0.25) is 10.4 Å². The summed E-state index contributed by atoms with van der Waals surface area (Å²) in [6, 6.07) is 0. The molecule has 0 rings (SSSR count). The van der Waals surface area contributed by atoms with E-state index in [1.807, 2.05) is 6.92 Å². The van der Waals surface area contributed by atoms with Crippen LogP contribution < -0.4 is 71.5 Å². The number of halogens is 2. The molecule has 0 aliphatic rings. The number of rotatable bonds is 2. The summed E-state index contributed by atoms with van der Waals surface area (Å²) in [6.45, 7) is 1.98. The van der Waals surface area contributed by atoms with Crippen LogP contribution in [0.2, 0.25) is 0 Å². The molecule has 0 aromatic rings. The Hall–Kier alpha value is 2.41. The van der Waals surface area contributed by atoms with Gasteiger partial charge in [-0.15, -0.1) is 0 Å². The summed E-state index contributed by atoms with van der Waals surface area (Å²) < 4.78 is 32.8. The van der Waals surface area contributed by atoms with Gasteiger partial charge >= 0.3 is 59.1 Å². The van der Waals surface area contributed by atoms with Crippen LogP contribution in [-0.2, 0) is 10.4 Å². The molecule has 0 spiro atoms. The van der Waals surface area contributed by atoms with Gasteiger partial charge in [0.25, 0.3) is 0 Å². The third-order valence-electron chi connectivity index (χ3n) is 0.527. The Kier molecular flexibility index (Phi) is 38.0. The Morgan fingerprint density at radius 1 is 1.43 bits per heavy atom. The van der Waals surface area contributed by atoms with E-state index >= 15 is 0 Å². The monoisotopic (exact) mass is 286 g/mol. The molecule has 0 saturated carbocycles. The number of hydrogen-bond donors (Lipinski definition) is 2. The summed E-state index contributed by atoms with van der Waals surface area (Å²) in [5.41, 5.74) is -0.630. The van der Waals surface area contributed by atoms with Crippen molar-refractivity contribution in [1.82, 2.24) is 0 Å². The smallest absolute Gasteiger partial charge is 1.00 e. The first-order chi connectivity index (χ1) is 4.77. The van der Waals surface area contributed by atoms with E-state index in [0.29, 0.717) is 6.42 Å². The fraction of sp³-hybridized carbons (Fsp3) is 1.00. The minimum Gasteiger partial charge on any atom is -1.00 e. The van der Waals surface area contributed by atoms with E-state index in [4.69, 9.17) is 34.2 Å². The molecule has 0 aromatic heterocycles. The first-order valence-corrected chi connectivity index (χ1v) is 4.58. The Morgan fingerprint density at radius 2 is 1.64 bits per heavy atom. The maximum absolute atomic E-state index is 8.63. The van der Waals surface area contributed by atoms with Crippen LogP contribution in [0.1, 0.15) is 19.8 Å². The van der Waals surface area contributed by atoms with Crippen LogP contribution in [0, 0.1) is 0 Å². The van der Waals surface area contributed by atoms with Gasteiger partial charge in [-0.05, 0) is 6.42 Å². The van der Waals surface area contributed by atoms with Crippen molar-refractivity contribution >= 4 is 22.0 Å². The van der Waals surface area contributed by atoms with Gasteiger partial charge in [-0.25, -0.2) is 8.42 Å². The quantitative estimate of drug-likeness (QED) is 0.227. The Bertz CT molecular complexity index is 167. The second-order valence-corrected chi connectivity index (χ2v) is 3.01. The molecule has 0 radical (unpaired) electrons. The van der Waals surface area contributed by atoms with Gasteiger partial charge in [-0.2, -0.15) is 0 Å². The van der Waals surface area contributed by atoms with E-state index in [-0.39, 0.29) is 71.5 Å². The zero-order chi connectivity index (χ0) is 9.49. The summed E-state index contributed by atoms with van der Waals surface area (Å²) in [7, 11) is -4.92. The summed E-state index contributed by atoms with van der Waals surface area (Å²) in [6.07, 6.45) is 1.65. The van der Waals surface area contributed by atoms with Gasteiger partial charge in [0.1, 0.15) is 5.56 Å². The molecule has 0 aromatic carbocycles. The first-order valence-electron chi connectivity index (χ1n) is 2.77. The minimum atomic E-state index is -4.92. The molecule has 10 heteroatoms. The van der Waals surface area contributed by atoms with Crippen molar-refractivity contribution in [3.63, 3.8) is 0 Å². The van der Waals surface area contributed by atoms with E-state index < -0.39 is 16.0 Å². The van der Waals surface area contributed by atoms with Crippen LogP contribution in [0.3, 0.4) is 0 Å². The molecule has 78 valence electrons. The van der Waals surface area contributed by atoms with Crippen LogP contribution in [0.5, 0.6) is 0 Å². The molecular formula is C4H10Cl2Na2O5S. The van der Waals surface area contributed by atoms with Crippen LogP contribution in [-0.4, -0.2) is 28.2 Å². The molecule has 1 atom stereocenters.